The Morgan fingerprint density at radius 3 is 2.38 bits per heavy atom. The number of hydrogen-bond donors (Lipinski definition) is 0. The van der Waals surface area contributed by atoms with Crippen molar-refractivity contribution in [3.8, 4) is 5.75 Å². The summed E-state index contributed by atoms with van der Waals surface area (Å²) in [7, 11) is 1.44. The number of hydrogen-bond acceptors (Lipinski definition) is 4. The molecule has 0 saturated heterocycles. The average molecular weight is 232 g/mol. The van der Waals surface area contributed by atoms with Crippen LogP contribution in [0.1, 0.15) is 0 Å². The van der Waals surface area contributed by atoms with Crippen LogP contribution >= 0.6 is 0 Å². The highest BCUT2D eigenvalue weighted by Gasteiger charge is 2.08. The topological polar surface area (TPSA) is 44.8 Å². The van der Waals surface area contributed by atoms with Gasteiger partial charge in [-0.15, -0.1) is 0 Å². The van der Waals surface area contributed by atoms with Crippen LogP contribution in [0.4, 0.5) is 13.6 Å². The lowest BCUT2D eigenvalue weighted by Crippen LogP contribution is -2.14. The van der Waals surface area contributed by atoms with Crippen LogP contribution in [-0.4, -0.2) is 26.5 Å². The first-order valence-electron chi connectivity index (χ1n) is 4.41. The Labute approximate surface area is 90.7 Å². The Balaban J connectivity index is 2.49. The van der Waals surface area contributed by atoms with E-state index in [1.807, 2.05) is 0 Å². The van der Waals surface area contributed by atoms with Crippen LogP contribution in [0.2, 0.25) is 0 Å². The van der Waals surface area contributed by atoms with E-state index >= 15 is 0 Å². The molecule has 16 heavy (non-hydrogen) atoms. The lowest BCUT2D eigenvalue weighted by Gasteiger charge is -2.05. The maximum Gasteiger partial charge on any atom is 0.513 e. The van der Waals surface area contributed by atoms with Gasteiger partial charge in [0.25, 0.3) is 0 Å². The normalized spacial score (nSPS) is 9.94. The summed E-state index contributed by atoms with van der Waals surface area (Å²) >= 11 is 0. The maximum absolute atomic E-state index is 12.7. The van der Waals surface area contributed by atoms with Crippen molar-refractivity contribution >= 4 is 6.16 Å². The van der Waals surface area contributed by atoms with Crippen molar-refractivity contribution in [1.82, 2.24) is 0 Å². The monoisotopic (exact) mass is 232 g/mol. The molecule has 0 spiro atoms. The van der Waals surface area contributed by atoms with Gasteiger partial charge in [0.05, 0.1) is 6.61 Å². The van der Waals surface area contributed by atoms with Gasteiger partial charge in [-0.1, -0.05) is 0 Å². The minimum atomic E-state index is -1.04. The number of halogens is 2. The third-order valence-electron chi connectivity index (χ3n) is 1.54. The molecule has 0 atom stereocenters. The first-order valence-corrected chi connectivity index (χ1v) is 4.41. The molecule has 0 bridgehead atoms. The van der Waals surface area contributed by atoms with Gasteiger partial charge in [0.1, 0.15) is 24.0 Å². The van der Waals surface area contributed by atoms with E-state index in [1.54, 1.807) is 0 Å². The molecule has 1 aromatic rings. The smallest absolute Gasteiger partial charge is 0.432 e. The van der Waals surface area contributed by atoms with Crippen LogP contribution in [0.5, 0.6) is 5.75 Å². The Hall–Kier alpha value is -1.69. The van der Waals surface area contributed by atoms with E-state index in [-0.39, 0.29) is 19.0 Å². The molecule has 0 amide bonds. The first-order chi connectivity index (χ1) is 7.61. The molecule has 88 valence electrons. The van der Waals surface area contributed by atoms with E-state index in [4.69, 9.17) is 0 Å². The largest absolute Gasteiger partial charge is 0.513 e. The Kier molecular flexibility index (Phi) is 4.65. The van der Waals surface area contributed by atoms with E-state index in [0.717, 1.165) is 12.1 Å². The lowest BCUT2D eigenvalue weighted by molar-refractivity contribution is 0.0684. The van der Waals surface area contributed by atoms with Crippen LogP contribution in [0.15, 0.2) is 18.2 Å². The van der Waals surface area contributed by atoms with Gasteiger partial charge in [-0.05, 0) is 0 Å². The molecule has 0 aliphatic heterocycles. The molecule has 1 aromatic carbocycles. The molecule has 1 rings (SSSR count). The van der Waals surface area contributed by atoms with Gasteiger partial charge in [0, 0.05) is 25.3 Å². The summed E-state index contributed by atoms with van der Waals surface area (Å²) < 4.78 is 39.1. The van der Waals surface area contributed by atoms with Gasteiger partial charge in [-0.25, -0.2) is 13.6 Å². The van der Waals surface area contributed by atoms with Gasteiger partial charge in [0.2, 0.25) is 0 Å². The highest BCUT2D eigenvalue weighted by atomic mass is 19.1. The Bertz CT molecular complexity index is 348. The van der Waals surface area contributed by atoms with Crippen LogP contribution in [0.25, 0.3) is 0 Å². The number of rotatable bonds is 4. The predicted molar refractivity (Wildman–Crippen MR) is 50.2 cm³/mol. The van der Waals surface area contributed by atoms with Crippen molar-refractivity contribution in [3.05, 3.63) is 29.8 Å². The molecule has 0 saturated carbocycles. The zero-order chi connectivity index (χ0) is 12.0. The van der Waals surface area contributed by atoms with E-state index in [9.17, 15) is 13.6 Å². The minimum absolute atomic E-state index is 0.00707. The number of ether oxygens (including phenoxy) is 3. The Morgan fingerprint density at radius 2 is 1.81 bits per heavy atom. The number of methoxy groups -OCH3 is 1. The molecule has 6 heteroatoms. The molecule has 0 fully saturated rings. The second-order valence-corrected chi connectivity index (χ2v) is 2.80. The molecule has 0 radical (unpaired) electrons. The fourth-order valence-corrected chi connectivity index (χ4v) is 0.921. The lowest BCUT2D eigenvalue weighted by atomic mass is 10.3. The van der Waals surface area contributed by atoms with E-state index < -0.39 is 17.8 Å². The molecular formula is C10H10F2O4. The SMILES string of the molecule is COCCOC(=O)Oc1cc(F)cc(F)c1. The first kappa shape index (κ1) is 12.4. The quantitative estimate of drug-likeness (QED) is 0.453. The van der Waals surface area contributed by atoms with E-state index in [2.05, 4.69) is 14.2 Å². The van der Waals surface area contributed by atoms with Gasteiger partial charge < -0.3 is 14.2 Å². The van der Waals surface area contributed by atoms with Gasteiger partial charge in [-0.3, -0.25) is 0 Å². The summed E-state index contributed by atoms with van der Waals surface area (Å²) in [5.74, 6) is -1.92. The van der Waals surface area contributed by atoms with Crippen molar-refractivity contribution in [2.75, 3.05) is 20.3 Å². The fraction of sp³-hybridized carbons (Fsp3) is 0.300. The van der Waals surface area contributed by atoms with E-state index in [1.165, 1.54) is 7.11 Å². The molecule has 0 heterocycles. The van der Waals surface area contributed by atoms with Crippen molar-refractivity contribution in [2.45, 2.75) is 0 Å². The highest BCUT2D eigenvalue weighted by Crippen LogP contribution is 2.15. The fourth-order valence-electron chi connectivity index (χ4n) is 0.921. The summed E-state index contributed by atoms with van der Waals surface area (Å²) in [6.45, 7) is 0.222. The molecule has 0 aliphatic rings. The predicted octanol–water partition coefficient (Wildman–Crippen LogP) is 2.13. The third-order valence-corrected chi connectivity index (χ3v) is 1.54. The third kappa shape index (κ3) is 4.22. The molecule has 0 aliphatic carbocycles. The summed E-state index contributed by atoms with van der Waals surface area (Å²) in [4.78, 5) is 11.0. The molecular weight excluding hydrogens is 222 g/mol. The second-order valence-electron chi connectivity index (χ2n) is 2.80. The highest BCUT2D eigenvalue weighted by molar-refractivity contribution is 5.63. The minimum Gasteiger partial charge on any atom is -0.432 e. The van der Waals surface area contributed by atoms with Gasteiger partial charge in [0.15, 0.2) is 0 Å². The van der Waals surface area contributed by atoms with E-state index in [0.29, 0.717) is 6.07 Å². The maximum atomic E-state index is 12.7. The summed E-state index contributed by atoms with van der Waals surface area (Å²) in [5, 5.41) is 0. The van der Waals surface area contributed by atoms with Crippen molar-refractivity contribution in [3.63, 3.8) is 0 Å². The average Bonchev–Trinajstić information content (AvgIpc) is 2.16. The number of benzene rings is 1. The zero-order valence-electron chi connectivity index (χ0n) is 8.54. The summed E-state index contributed by atoms with van der Waals surface area (Å²) in [6, 6.07) is 2.42. The second kappa shape index (κ2) is 6.02. The van der Waals surface area contributed by atoms with Crippen LogP contribution in [0.3, 0.4) is 0 Å². The molecule has 0 aromatic heterocycles. The molecule has 4 nitrogen and oxygen atoms in total. The van der Waals surface area contributed by atoms with Gasteiger partial charge >= 0.3 is 6.16 Å². The van der Waals surface area contributed by atoms with Crippen LogP contribution in [-0.2, 0) is 9.47 Å². The summed E-state index contributed by atoms with van der Waals surface area (Å²) in [6.07, 6.45) is -1.04. The molecule has 0 N–H and O–H groups in total. The standard InChI is InChI=1S/C10H10F2O4/c1-14-2-3-15-10(13)16-9-5-7(11)4-8(12)6-9/h4-6H,2-3H2,1H3. The van der Waals surface area contributed by atoms with Crippen LogP contribution < -0.4 is 4.74 Å². The zero-order valence-corrected chi connectivity index (χ0v) is 8.54. The van der Waals surface area contributed by atoms with Gasteiger partial charge in [-0.2, -0.15) is 0 Å². The number of carbonyl (C=O) groups is 1. The molecule has 0 unspecified atom stereocenters. The number of carbonyl (C=O) groups excluding carboxylic acids is 1. The van der Waals surface area contributed by atoms with Crippen molar-refractivity contribution in [1.29, 1.82) is 0 Å². The van der Waals surface area contributed by atoms with Crippen molar-refractivity contribution in [2.24, 2.45) is 0 Å². The Morgan fingerprint density at radius 1 is 1.19 bits per heavy atom. The van der Waals surface area contributed by atoms with Crippen LogP contribution in [0, 0.1) is 11.6 Å². The van der Waals surface area contributed by atoms with Crippen molar-refractivity contribution < 1.29 is 27.8 Å². The summed E-state index contributed by atoms with van der Waals surface area (Å²) in [5.41, 5.74) is 0.